The topological polar surface area (TPSA) is 27.7 Å². The summed E-state index contributed by atoms with van der Waals surface area (Å²) in [5.41, 5.74) is -0.665. The van der Waals surface area contributed by atoms with Gasteiger partial charge < -0.3 is 14.2 Å². The van der Waals surface area contributed by atoms with Crippen LogP contribution in [0, 0.1) is 0 Å². The lowest BCUT2D eigenvalue weighted by molar-refractivity contribution is -0.176. The van der Waals surface area contributed by atoms with Crippen molar-refractivity contribution in [1.82, 2.24) is 0 Å². The summed E-state index contributed by atoms with van der Waals surface area (Å²) < 4.78 is 17.0. The zero-order chi connectivity index (χ0) is 12.4. The molecule has 0 fully saturated rings. The van der Waals surface area contributed by atoms with Gasteiger partial charge in [0.05, 0.1) is 16.8 Å². The molecule has 0 aromatic carbocycles. The van der Waals surface area contributed by atoms with E-state index in [-0.39, 0.29) is 0 Å². The Kier molecular flexibility index (Phi) is 8.61. The Morgan fingerprint density at radius 2 is 1.44 bits per heavy atom. The molecule has 16 heavy (non-hydrogen) atoms. The lowest BCUT2D eigenvalue weighted by Gasteiger charge is -2.31. The van der Waals surface area contributed by atoms with E-state index in [4.69, 9.17) is 14.2 Å². The molecule has 96 valence electrons. The molecular formula is C12H26O3Si. The quantitative estimate of drug-likeness (QED) is 0.334. The molecule has 0 heterocycles. The molecule has 3 nitrogen and oxygen atoms in total. The Hall–Kier alpha value is -0.323. The van der Waals surface area contributed by atoms with Crippen molar-refractivity contribution in [2.24, 2.45) is 0 Å². The van der Waals surface area contributed by atoms with Crippen LogP contribution in [-0.2, 0) is 14.2 Å². The van der Waals surface area contributed by atoms with E-state index in [9.17, 15) is 0 Å². The van der Waals surface area contributed by atoms with Crippen molar-refractivity contribution < 1.29 is 14.2 Å². The van der Waals surface area contributed by atoms with Crippen LogP contribution in [0.5, 0.6) is 0 Å². The smallest absolute Gasteiger partial charge is 0.196 e. The van der Waals surface area contributed by atoms with E-state index in [0.29, 0.717) is 25.6 Å². The van der Waals surface area contributed by atoms with Gasteiger partial charge in [-0.05, 0) is 19.3 Å². The second-order valence-electron chi connectivity index (χ2n) is 3.91. The summed E-state index contributed by atoms with van der Waals surface area (Å²) in [4.78, 5) is 0. The van der Waals surface area contributed by atoms with Crippen LogP contribution < -0.4 is 0 Å². The molecule has 0 saturated carbocycles. The Morgan fingerprint density at radius 3 is 1.81 bits per heavy atom. The van der Waals surface area contributed by atoms with Gasteiger partial charge in [0.25, 0.3) is 0 Å². The fraction of sp³-hybridized carbons (Fsp3) is 0.833. The van der Waals surface area contributed by atoms with Crippen LogP contribution in [0.25, 0.3) is 0 Å². The molecule has 0 radical (unpaired) electrons. The number of hydrogen-bond donors (Lipinski definition) is 0. The highest BCUT2D eigenvalue weighted by Crippen LogP contribution is 2.20. The highest BCUT2D eigenvalue weighted by molar-refractivity contribution is 6.15. The zero-order valence-corrected chi connectivity index (χ0v) is 13.2. The lowest BCUT2D eigenvalue weighted by Crippen LogP contribution is -2.40. The Labute approximate surface area is 103 Å². The van der Waals surface area contributed by atoms with Gasteiger partial charge in [-0.15, -0.1) is 0 Å². The molecule has 0 aliphatic rings. The maximum atomic E-state index is 5.75. The summed E-state index contributed by atoms with van der Waals surface area (Å²) in [7, 11) is 0.729. The minimum Gasteiger partial charge on any atom is -0.493 e. The molecular weight excluding hydrogens is 220 g/mol. The van der Waals surface area contributed by atoms with Crippen molar-refractivity contribution >= 4 is 10.2 Å². The molecule has 0 aliphatic heterocycles. The average molecular weight is 246 g/mol. The third kappa shape index (κ3) is 5.68. The summed E-state index contributed by atoms with van der Waals surface area (Å²) in [6, 6.07) is 0. The van der Waals surface area contributed by atoms with Crippen LogP contribution in [0.2, 0.25) is 0 Å². The summed E-state index contributed by atoms with van der Waals surface area (Å²) >= 11 is 0. The van der Waals surface area contributed by atoms with Gasteiger partial charge >= 0.3 is 0 Å². The monoisotopic (exact) mass is 246 g/mol. The highest BCUT2D eigenvalue weighted by Gasteiger charge is 2.30. The van der Waals surface area contributed by atoms with Crippen LogP contribution in [0.4, 0.5) is 0 Å². The van der Waals surface area contributed by atoms with E-state index >= 15 is 0 Å². The third-order valence-electron chi connectivity index (χ3n) is 2.15. The van der Waals surface area contributed by atoms with Crippen LogP contribution in [-0.4, -0.2) is 35.5 Å². The predicted molar refractivity (Wildman–Crippen MR) is 70.5 cm³/mol. The molecule has 0 aromatic heterocycles. The van der Waals surface area contributed by atoms with Gasteiger partial charge in [-0.2, -0.15) is 0 Å². The standard InChI is InChI=1S/C12H26O3Si/c1-5-8-13-11(4)12(16,14-9-6-2)15-10-7-3/h4-10H2,1-3,16H3. The first kappa shape index (κ1) is 15.7. The summed E-state index contributed by atoms with van der Waals surface area (Å²) in [6.45, 7) is 12.2. The fourth-order valence-corrected chi connectivity index (χ4v) is 1.71. The van der Waals surface area contributed by atoms with Gasteiger partial charge in [0.2, 0.25) is 0 Å². The SMILES string of the molecule is C=C(OCCC)C([SiH3])(OCCC)OCCC. The number of rotatable bonds is 10. The van der Waals surface area contributed by atoms with E-state index in [1.165, 1.54) is 0 Å². The van der Waals surface area contributed by atoms with Gasteiger partial charge in [-0.1, -0.05) is 27.4 Å². The van der Waals surface area contributed by atoms with Gasteiger partial charge in [0, 0.05) is 13.2 Å². The third-order valence-corrected chi connectivity index (χ3v) is 3.29. The van der Waals surface area contributed by atoms with E-state index in [2.05, 4.69) is 27.4 Å². The number of hydrogen-bond acceptors (Lipinski definition) is 3. The van der Waals surface area contributed by atoms with Crippen molar-refractivity contribution in [3.63, 3.8) is 0 Å². The van der Waals surface area contributed by atoms with Gasteiger partial charge in [-0.3, -0.25) is 0 Å². The first-order valence-corrected chi connectivity index (χ1v) is 7.20. The van der Waals surface area contributed by atoms with Crippen LogP contribution in [0.3, 0.4) is 0 Å². The predicted octanol–water partition coefficient (Wildman–Crippen LogP) is 1.80. The van der Waals surface area contributed by atoms with E-state index in [0.717, 1.165) is 29.5 Å². The molecule has 0 aromatic rings. The van der Waals surface area contributed by atoms with Crippen molar-refractivity contribution in [2.75, 3.05) is 19.8 Å². The molecule has 0 atom stereocenters. The molecule has 4 heteroatoms. The Balaban J connectivity index is 4.30. The Morgan fingerprint density at radius 1 is 1.00 bits per heavy atom. The maximum Gasteiger partial charge on any atom is 0.196 e. The van der Waals surface area contributed by atoms with Crippen molar-refractivity contribution in [3.05, 3.63) is 12.3 Å². The molecule has 0 rings (SSSR count). The van der Waals surface area contributed by atoms with Gasteiger partial charge in [0.15, 0.2) is 5.41 Å². The highest BCUT2D eigenvalue weighted by atomic mass is 28.1. The molecule has 0 saturated heterocycles. The van der Waals surface area contributed by atoms with E-state index in [1.807, 2.05) is 0 Å². The maximum absolute atomic E-state index is 5.75. The molecule has 0 bridgehead atoms. The zero-order valence-electron chi connectivity index (χ0n) is 11.2. The molecule has 0 unspecified atom stereocenters. The first-order chi connectivity index (χ1) is 7.60. The van der Waals surface area contributed by atoms with Gasteiger partial charge in [0.1, 0.15) is 5.76 Å². The minimum absolute atomic E-state index is 0.628. The van der Waals surface area contributed by atoms with Gasteiger partial charge in [-0.25, -0.2) is 0 Å². The molecule has 0 amide bonds. The van der Waals surface area contributed by atoms with Crippen LogP contribution in [0.15, 0.2) is 12.3 Å². The molecule has 0 aliphatic carbocycles. The molecule has 0 N–H and O–H groups in total. The second-order valence-corrected chi connectivity index (χ2v) is 5.23. The van der Waals surface area contributed by atoms with Crippen molar-refractivity contribution in [2.45, 2.75) is 45.4 Å². The summed E-state index contributed by atoms with van der Waals surface area (Å²) in [5, 5.41) is 0. The Bertz CT molecular complexity index is 187. The summed E-state index contributed by atoms with van der Waals surface area (Å²) in [5.74, 6) is 0.628. The fourth-order valence-electron chi connectivity index (χ4n) is 1.15. The first-order valence-electron chi connectivity index (χ1n) is 6.20. The normalized spacial score (nSPS) is 11.7. The largest absolute Gasteiger partial charge is 0.493 e. The van der Waals surface area contributed by atoms with E-state index in [1.54, 1.807) is 0 Å². The minimum atomic E-state index is -0.665. The van der Waals surface area contributed by atoms with Crippen molar-refractivity contribution in [3.8, 4) is 0 Å². The van der Waals surface area contributed by atoms with E-state index < -0.39 is 5.41 Å². The van der Waals surface area contributed by atoms with Crippen LogP contribution >= 0.6 is 0 Å². The lowest BCUT2D eigenvalue weighted by atomic mass is 10.4. The average Bonchev–Trinajstić information content (AvgIpc) is 2.30. The molecule has 0 spiro atoms. The van der Waals surface area contributed by atoms with Crippen LogP contribution in [0.1, 0.15) is 40.0 Å². The summed E-state index contributed by atoms with van der Waals surface area (Å²) in [6.07, 6.45) is 2.92. The van der Waals surface area contributed by atoms with Crippen molar-refractivity contribution in [1.29, 1.82) is 0 Å². The second kappa shape index (κ2) is 8.79. The number of ether oxygens (including phenoxy) is 3.